The molecule has 1 aliphatic carbocycles. The molecule has 1 aliphatic rings. The first kappa shape index (κ1) is 20.9. The van der Waals surface area contributed by atoms with Crippen molar-refractivity contribution in [2.75, 3.05) is 34.8 Å². The zero-order valence-corrected chi connectivity index (χ0v) is 17.8. The van der Waals surface area contributed by atoms with Crippen LogP contribution in [0.4, 0.5) is 17.1 Å². The number of anilines is 3. The standard InChI is InChI=1S/C24H31N3O2/c1-5-26(6-2)19-13-11-18(12-14-19)25-23(28)21-16-22(21)24(29)27(7-3)20-10-8-9-17(4)15-20/h8-15,21-22H,5-7,16H2,1-4H3,(H,25,28). The molecule has 2 aromatic carbocycles. The maximum atomic E-state index is 12.9. The van der Waals surface area contributed by atoms with Gasteiger partial charge in [-0.2, -0.15) is 0 Å². The number of benzene rings is 2. The van der Waals surface area contributed by atoms with Crippen molar-refractivity contribution in [3.05, 3.63) is 54.1 Å². The summed E-state index contributed by atoms with van der Waals surface area (Å²) in [6.45, 7) is 10.7. The lowest BCUT2D eigenvalue weighted by Crippen LogP contribution is -2.33. The molecule has 0 aliphatic heterocycles. The highest BCUT2D eigenvalue weighted by molar-refractivity contribution is 6.04. The smallest absolute Gasteiger partial charge is 0.230 e. The Morgan fingerprint density at radius 2 is 1.62 bits per heavy atom. The third-order valence-corrected chi connectivity index (χ3v) is 5.60. The summed E-state index contributed by atoms with van der Waals surface area (Å²) < 4.78 is 0. The van der Waals surface area contributed by atoms with Gasteiger partial charge in [0.25, 0.3) is 0 Å². The molecule has 0 bridgehead atoms. The van der Waals surface area contributed by atoms with Crippen molar-refractivity contribution >= 4 is 28.9 Å². The van der Waals surface area contributed by atoms with E-state index in [9.17, 15) is 9.59 Å². The lowest BCUT2D eigenvalue weighted by atomic mass is 10.2. The summed E-state index contributed by atoms with van der Waals surface area (Å²) in [5.41, 5.74) is 3.93. The van der Waals surface area contributed by atoms with Crippen molar-refractivity contribution in [3.63, 3.8) is 0 Å². The quantitative estimate of drug-likeness (QED) is 0.720. The summed E-state index contributed by atoms with van der Waals surface area (Å²) in [4.78, 5) is 29.6. The molecule has 2 unspecified atom stereocenters. The highest BCUT2D eigenvalue weighted by Crippen LogP contribution is 2.41. The minimum absolute atomic E-state index is 0.0372. The topological polar surface area (TPSA) is 52.7 Å². The second kappa shape index (κ2) is 9.12. The Balaban J connectivity index is 1.60. The Labute approximate surface area is 173 Å². The van der Waals surface area contributed by atoms with E-state index in [-0.39, 0.29) is 23.7 Å². The van der Waals surface area contributed by atoms with Gasteiger partial charge in [0, 0.05) is 36.7 Å². The van der Waals surface area contributed by atoms with Crippen LogP contribution >= 0.6 is 0 Å². The summed E-state index contributed by atoms with van der Waals surface area (Å²) in [5.74, 6) is -0.511. The molecule has 2 amide bonds. The number of carbonyl (C=O) groups is 2. The largest absolute Gasteiger partial charge is 0.372 e. The molecule has 29 heavy (non-hydrogen) atoms. The summed E-state index contributed by atoms with van der Waals surface area (Å²) in [7, 11) is 0. The van der Waals surface area contributed by atoms with Crippen LogP contribution in [0.3, 0.4) is 0 Å². The van der Waals surface area contributed by atoms with Crippen LogP contribution in [-0.2, 0) is 9.59 Å². The van der Waals surface area contributed by atoms with Crippen molar-refractivity contribution < 1.29 is 9.59 Å². The van der Waals surface area contributed by atoms with Gasteiger partial charge in [-0.25, -0.2) is 0 Å². The van der Waals surface area contributed by atoms with Crippen LogP contribution in [0.5, 0.6) is 0 Å². The zero-order chi connectivity index (χ0) is 21.0. The fourth-order valence-electron chi connectivity index (χ4n) is 3.80. The highest BCUT2D eigenvalue weighted by Gasteiger charge is 2.49. The van der Waals surface area contributed by atoms with E-state index in [0.29, 0.717) is 13.0 Å². The molecule has 0 saturated heterocycles. The lowest BCUT2D eigenvalue weighted by molar-refractivity contribution is -0.123. The number of hydrogen-bond acceptors (Lipinski definition) is 3. The van der Waals surface area contributed by atoms with E-state index in [2.05, 4.69) is 24.1 Å². The van der Waals surface area contributed by atoms with Gasteiger partial charge in [0.05, 0.1) is 11.8 Å². The molecular formula is C24H31N3O2. The number of carbonyl (C=O) groups excluding carboxylic acids is 2. The molecular weight excluding hydrogens is 362 g/mol. The van der Waals surface area contributed by atoms with Crippen molar-refractivity contribution in [1.29, 1.82) is 0 Å². The van der Waals surface area contributed by atoms with Crippen molar-refractivity contribution in [2.45, 2.75) is 34.1 Å². The van der Waals surface area contributed by atoms with Gasteiger partial charge in [-0.3, -0.25) is 9.59 Å². The fraction of sp³-hybridized carbons (Fsp3) is 0.417. The molecule has 0 aromatic heterocycles. The number of nitrogens with one attached hydrogen (secondary N) is 1. The van der Waals surface area contributed by atoms with E-state index in [0.717, 1.165) is 35.7 Å². The van der Waals surface area contributed by atoms with Gasteiger partial charge in [0.2, 0.25) is 11.8 Å². The van der Waals surface area contributed by atoms with Crippen molar-refractivity contribution in [3.8, 4) is 0 Å². The maximum Gasteiger partial charge on any atom is 0.230 e. The Morgan fingerprint density at radius 3 is 2.21 bits per heavy atom. The normalized spacial score (nSPS) is 17.5. The first-order valence-corrected chi connectivity index (χ1v) is 10.5. The molecule has 0 heterocycles. The number of rotatable bonds is 8. The van der Waals surface area contributed by atoms with E-state index in [1.165, 1.54) is 0 Å². The molecule has 5 heteroatoms. The zero-order valence-electron chi connectivity index (χ0n) is 17.8. The first-order chi connectivity index (χ1) is 14.0. The summed E-state index contributed by atoms with van der Waals surface area (Å²) in [5, 5.41) is 2.97. The van der Waals surface area contributed by atoms with Crippen molar-refractivity contribution in [2.24, 2.45) is 11.8 Å². The van der Waals surface area contributed by atoms with E-state index in [1.807, 2.05) is 62.4 Å². The fourth-order valence-corrected chi connectivity index (χ4v) is 3.80. The predicted molar refractivity (Wildman–Crippen MR) is 119 cm³/mol. The molecule has 1 saturated carbocycles. The van der Waals surface area contributed by atoms with Gasteiger partial charge in [-0.15, -0.1) is 0 Å². The number of nitrogens with zero attached hydrogens (tertiary/aromatic N) is 2. The first-order valence-electron chi connectivity index (χ1n) is 10.5. The second-order valence-corrected chi connectivity index (χ2v) is 7.58. The maximum absolute atomic E-state index is 12.9. The average Bonchev–Trinajstić information content (AvgIpc) is 3.52. The minimum atomic E-state index is -0.246. The summed E-state index contributed by atoms with van der Waals surface area (Å²) >= 11 is 0. The Kier molecular flexibility index (Phi) is 6.57. The molecule has 2 aromatic rings. The second-order valence-electron chi connectivity index (χ2n) is 7.58. The SMILES string of the molecule is CCN(CC)c1ccc(NC(=O)C2CC2C(=O)N(CC)c2cccc(C)c2)cc1. The monoisotopic (exact) mass is 393 g/mol. The van der Waals surface area contributed by atoms with Crippen LogP contribution in [0, 0.1) is 18.8 Å². The van der Waals surface area contributed by atoms with E-state index in [4.69, 9.17) is 0 Å². The van der Waals surface area contributed by atoms with Gasteiger partial charge in [-0.1, -0.05) is 12.1 Å². The van der Waals surface area contributed by atoms with Gasteiger partial charge >= 0.3 is 0 Å². The number of aryl methyl sites for hydroxylation is 1. The van der Waals surface area contributed by atoms with Crippen molar-refractivity contribution in [1.82, 2.24) is 0 Å². The van der Waals surface area contributed by atoms with Crippen LogP contribution < -0.4 is 15.1 Å². The molecule has 0 spiro atoms. The van der Waals surface area contributed by atoms with E-state index < -0.39 is 0 Å². The van der Waals surface area contributed by atoms with Crippen LogP contribution in [0.2, 0.25) is 0 Å². The molecule has 1 fully saturated rings. The molecule has 0 radical (unpaired) electrons. The highest BCUT2D eigenvalue weighted by atomic mass is 16.2. The molecule has 3 rings (SSSR count). The van der Waals surface area contributed by atoms with Gasteiger partial charge < -0.3 is 15.1 Å². The summed E-state index contributed by atoms with van der Waals surface area (Å²) in [6, 6.07) is 15.8. The van der Waals surface area contributed by atoms with Crippen LogP contribution in [-0.4, -0.2) is 31.4 Å². The Bertz CT molecular complexity index is 859. The van der Waals surface area contributed by atoms with Gasteiger partial charge in [-0.05, 0) is 76.1 Å². The van der Waals surface area contributed by atoms with E-state index in [1.54, 1.807) is 4.90 Å². The predicted octanol–water partition coefficient (Wildman–Crippen LogP) is 4.47. The van der Waals surface area contributed by atoms with Gasteiger partial charge in [0.1, 0.15) is 0 Å². The Morgan fingerprint density at radius 1 is 0.931 bits per heavy atom. The Hall–Kier alpha value is -2.82. The number of amides is 2. The molecule has 2 atom stereocenters. The van der Waals surface area contributed by atoms with Crippen LogP contribution in [0.1, 0.15) is 32.8 Å². The summed E-state index contributed by atoms with van der Waals surface area (Å²) in [6.07, 6.45) is 0.616. The average molecular weight is 394 g/mol. The van der Waals surface area contributed by atoms with Gasteiger partial charge in [0.15, 0.2) is 0 Å². The van der Waals surface area contributed by atoms with Crippen LogP contribution in [0.15, 0.2) is 48.5 Å². The molecule has 1 N–H and O–H groups in total. The third kappa shape index (κ3) is 4.78. The molecule has 154 valence electrons. The number of hydrogen-bond donors (Lipinski definition) is 1. The molecule has 5 nitrogen and oxygen atoms in total. The van der Waals surface area contributed by atoms with Crippen LogP contribution in [0.25, 0.3) is 0 Å². The lowest BCUT2D eigenvalue weighted by Gasteiger charge is -2.22. The third-order valence-electron chi connectivity index (χ3n) is 5.60. The van der Waals surface area contributed by atoms with E-state index >= 15 is 0 Å². The minimum Gasteiger partial charge on any atom is -0.372 e.